The summed E-state index contributed by atoms with van der Waals surface area (Å²) in [4.78, 5) is 12.4. The maximum atomic E-state index is 13.2. The zero-order chi connectivity index (χ0) is 18.1. The summed E-state index contributed by atoms with van der Waals surface area (Å²) >= 11 is 12.2. The molecule has 3 unspecified atom stereocenters. The fraction of sp³-hybridized carbons (Fsp3) is 0.278. The lowest BCUT2D eigenvalue weighted by Gasteiger charge is -2.36. The molecule has 2 aromatic rings. The molecule has 132 valence electrons. The van der Waals surface area contributed by atoms with Gasteiger partial charge in [-0.25, -0.2) is 4.39 Å². The van der Waals surface area contributed by atoms with Gasteiger partial charge in [0.1, 0.15) is 23.6 Å². The largest absolute Gasteiger partial charge is 0.483 e. The molecule has 0 spiro atoms. The van der Waals surface area contributed by atoms with Crippen molar-refractivity contribution in [1.82, 2.24) is 0 Å². The van der Waals surface area contributed by atoms with Crippen molar-refractivity contribution in [3.05, 3.63) is 63.4 Å². The fourth-order valence-electron chi connectivity index (χ4n) is 2.90. The molecule has 7 heteroatoms. The maximum absolute atomic E-state index is 13.2. The molecule has 1 aliphatic heterocycles. The number of rotatable bonds is 3. The van der Waals surface area contributed by atoms with E-state index in [0.29, 0.717) is 16.1 Å². The summed E-state index contributed by atoms with van der Waals surface area (Å²) in [7, 11) is 0. The Morgan fingerprint density at radius 1 is 1.28 bits per heavy atom. The third-order valence-corrected chi connectivity index (χ3v) is 4.52. The van der Waals surface area contributed by atoms with E-state index >= 15 is 0 Å². The van der Waals surface area contributed by atoms with Crippen LogP contribution in [0.2, 0.25) is 10.0 Å². The topological polar surface area (TPSA) is 55.8 Å². The van der Waals surface area contributed by atoms with Crippen LogP contribution >= 0.6 is 23.2 Å². The quantitative estimate of drug-likeness (QED) is 0.792. The number of carbonyl (C=O) groups excluding carboxylic acids is 1. The summed E-state index contributed by atoms with van der Waals surface area (Å²) in [6, 6.07) is 8.49. The molecule has 0 fully saturated rings. The van der Waals surface area contributed by atoms with Gasteiger partial charge in [0.25, 0.3) is 0 Å². The lowest BCUT2D eigenvalue weighted by Crippen LogP contribution is -2.36. The van der Waals surface area contributed by atoms with Crippen LogP contribution in [-0.2, 0) is 9.53 Å². The Hall–Kier alpha value is -1.82. The van der Waals surface area contributed by atoms with Crippen molar-refractivity contribution in [2.75, 3.05) is 6.61 Å². The molecule has 3 rings (SSSR count). The van der Waals surface area contributed by atoms with Crippen molar-refractivity contribution in [3.63, 3.8) is 0 Å². The van der Waals surface area contributed by atoms with Crippen LogP contribution in [-0.4, -0.2) is 17.7 Å². The maximum Gasteiger partial charge on any atom is 0.316 e. The molecule has 0 bridgehead atoms. The lowest BCUT2D eigenvalue weighted by molar-refractivity contribution is -0.159. The van der Waals surface area contributed by atoms with Crippen LogP contribution < -0.4 is 4.74 Å². The van der Waals surface area contributed by atoms with E-state index in [4.69, 9.17) is 32.7 Å². The molecular formula is C18H15Cl2FO4. The molecule has 1 aliphatic rings. The lowest BCUT2D eigenvalue weighted by atomic mass is 9.84. The molecule has 2 aromatic carbocycles. The minimum absolute atomic E-state index is 0.154. The number of benzene rings is 2. The molecule has 0 aromatic heterocycles. The van der Waals surface area contributed by atoms with Crippen LogP contribution in [0.3, 0.4) is 0 Å². The number of carbonyl (C=O) groups is 1. The average Bonchev–Trinajstić information content (AvgIpc) is 2.56. The average molecular weight is 385 g/mol. The fourth-order valence-corrected chi connectivity index (χ4v) is 3.46. The highest BCUT2D eigenvalue weighted by molar-refractivity contribution is 6.35. The molecule has 0 aliphatic carbocycles. The summed E-state index contributed by atoms with van der Waals surface area (Å²) in [6.45, 7) is 1.82. The van der Waals surface area contributed by atoms with Crippen LogP contribution in [0.1, 0.15) is 30.3 Å². The van der Waals surface area contributed by atoms with Crippen molar-refractivity contribution in [2.24, 2.45) is 5.92 Å². The van der Waals surface area contributed by atoms with Gasteiger partial charge in [0.05, 0.1) is 17.7 Å². The molecule has 0 radical (unpaired) electrons. The van der Waals surface area contributed by atoms with E-state index in [1.807, 2.05) is 0 Å². The Morgan fingerprint density at radius 3 is 2.60 bits per heavy atom. The minimum atomic E-state index is -1.23. The Bertz CT molecular complexity index is 794. The number of ether oxygens (including phenoxy) is 2. The Morgan fingerprint density at radius 2 is 1.96 bits per heavy atom. The van der Waals surface area contributed by atoms with E-state index in [2.05, 4.69) is 0 Å². The predicted octanol–water partition coefficient (Wildman–Crippen LogP) is 4.48. The predicted molar refractivity (Wildman–Crippen MR) is 91.3 cm³/mol. The normalized spacial score (nSPS) is 22.0. The van der Waals surface area contributed by atoms with Gasteiger partial charge in [0.15, 0.2) is 0 Å². The van der Waals surface area contributed by atoms with Gasteiger partial charge in [-0.2, -0.15) is 0 Å². The van der Waals surface area contributed by atoms with Crippen LogP contribution in [0, 0.1) is 11.7 Å². The van der Waals surface area contributed by atoms with Crippen molar-refractivity contribution < 1.29 is 23.8 Å². The standard InChI is InChI=1S/C18H15Cl2FO4/c1-2-24-18(23)14-15(22)12-7-10(19)8-13(20)17(12)25-16(14)9-3-5-11(21)6-4-9/h3-8,14-16,22H,2H2,1H3. The molecule has 1 heterocycles. The second kappa shape index (κ2) is 7.20. The first kappa shape index (κ1) is 18.0. The highest BCUT2D eigenvalue weighted by Crippen LogP contribution is 2.49. The number of aliphatic hydroxyl groups excluding tert-OH is 1. The van der Waals surface area contributed by atoms with E-state index in [-0.39, 0.29) is 17.4 Å². The SMILES string of the molecule is CCOC(=O)C1C(O)c2cc(Cl)cc(Cl)c2OC1c1ccc(F)cc1. The zero-order valence-electron chi connectivity index (χ0n) is 13.2. The molecule has 4 nitrogen and oxygen atoms in total. The first-order valence-electron chi connectivity index (χ1n) is 7.68. The zero-order valence-corrected chi connectivity index (χ0v) is 14.7. The van der Waals surface area contributed by atoms with Crippen molar-refractivity contribution >= 4 is 29.2 Å². The van der Waals surface area contributed by atoms with Gasteiger partial charge in [0, 0.05) is 10.6 Å². The second-order valence-electron chi connectivity index (χ2n) is 5.62. The second-order valence-corrected chi connectivity index (χ2v) is 6.46. The first-order chi connectivity index (χ1) is 11.9. The number of fused-ring (bicyclic) bond motifs is 1. The number of aliphatic hydroxyl groups is 1. The number of halogens is 3. The third kappa shape index (κ3) is 3.45. The third-order valence-electron chi connectivity index (χ3n) is 4.02. The molecule has 0 amide bonds. The molecule has 0 saturated carbocycles. The summed E-state index contributed by atoms with van der Waals surface area (Å²) in [5.74, 6) is -1.83. The molecule has 25 heavy (non-hydrogen) atoms. The first-order valence-corrected chi connectivity index (χ1v) is 8.43. The van der Waals surface area contributed by atoms with E-state index in [9.17, 15) is 14.3 Å². The molecule has 1 N–H and O–H groups in total. The van der Waals surface area contributed by atoms with Gasteiger partial charge in [-0.1, -0.05) is 35.3 Å². The Balaban J connectivity index is 2.10. The minimum Gasteiger partial charge on any atom is -0.483 e. The van der Waals surface area contributed by atoms with Crippen LogP contribution in [0.15, 0.2) is 36.4 Å². The monoisotopic (exact) mass is 384 g/mol. The summed E-state index contributed by atoms with van der Waals surface area (Å²) in [5.41, 5.74) is 0.837. The molecule has 0 saturated heterocycles. The van der Waals surface area contributed by atoms with Crippen LogP contribution in [0.4, 0.5) is 4.39 Å². The van der Waals surface area contributed by atoms with Gasteiger partial charge in [-0.05, 0) is 36.8 Å². The highest BCUT2D eigenvalue weighted by atomic mass is 35.5. The highest BCUT2D eigenvalue weighted by Gasteiger charge is 2.45. The van der Waals surface area contributed by atoms with Gasteiger partial charge >= 0.3 is 5.97 Å². The van der Waals surface area contributed by atoms with Crippen molar-refractivity contribution in [3.8, 4) is 5.75 Å². The number of esters is 1. The number of hydrogen-bond acceptors (Lipinski definition) is 4. The molecular weight excluding hydrogens is 370 g/mol. The van der Waals surface area contributed by atoms with Crippen molar-refractivity contribution in [2.45, 2.75) is 19.1 Å². The van der Waals surface area contributed by atoms with Gasteiger partial charge in [0.2, 0.25) is 0 Å². The van der Waals surface area contributed by atoms with Gasteiger partial charge < -0.3 is 14.6 Å². The smallest absolute Gasteiger partial charge is 0.316 e. The molecule has 3 atom stereocenters. The van der Waals surface area contributed by atoms with Gasteiger partial charge in [-0.3, -0.25) is 4.79 Å². The van der Waals surface area contributed by atoms with E-state index in [1.54, 1.807) is 6.92 Å². The van der Waals surface area contributed by atoms with E-state index in [0.717, 1.165) is 0 Å². The summed E-state index contributed by atoms with van der Waals surface area (Å²) in [6.07, 6.45) is -2.10. The summed E-state index contributed by atoms with van der Waals surface area (Å²) in [5, 5.41) is 11.3. The van der Waals surface area contributed by atoms with E-state index in [1.165, 1.54) is 36.4 Å². The van der Waals surface area contributed by atoms with Gasteiger partial charge in [-0.15, -0.1) is 0 Å². The van der Waals surface area contributed by atoms with Crippen molar-refractivity contribution in [1.29, 1.82) is 0 Å². The van der Waals surface area contributed by atoms with Crippen LogP contribution in [0.25, 0.3) is 0 Å². The Kier molecular flexibility index (Phi) is 5.18. The van der Waals surface area contributed by atoms with E-state index < -0.39 is 29.9 Å². The van der Waals surface area contributed by atoms with Crippen LogP contribution in [0.5, 0.6) is 5.75 Å². The Labute approximate surface area is 154 Å². The number of hydrogen-bond donors (Lipinski definition) is 1. The summed E-state index contributed by atoms with van der Waals surface area (Å²) < 4.78 is 24.2.